The van der Waals surface area contributed by atoms with E-state index in [1.807, 2.05) is 49.4 Å². The molecule has 0 fully saturated rings. The molecule has 17 heavy (non-hydrogen) atoms. The number of carbonyl (C=O) groups excluding carboxylic acids is 1. The molecule has 0 radical (unpaired) electrons. The van der Waals surface area contributed by atoms with Crippen LogP contribution < -0.4 is 0 Å². The molecule has 0 spiro atoms. The van der Waals surface area contributed by atoms with Crippen molar-refractivity contribution in [2.75, 3.05) is 0 Å². The monoisotopic (exact) mass is 352 g/mol. The third-order valence-electron chi connectivity index (χ3n) is 2.62. The highest BCUT2D eigenvalue weighted by Crippen LogP contribution is 2.22. The van der Waals surface area contributed by atoms with Gasteiger partial charge in [0.05, 0.1) is 0 Å². The van der Waals surface area contributed by atoms with E-state index in [-0.39, 0.29) is 5.78 Å². The molecule has 0 unspecified atom stereocenters. The van der Waals surface area contributed by atoms with Crippen molar-refractivity contribution in [3.63, 3.8) is 0 Å². The van der Waals surface area contributed by atoms with Gasteiger partial charge in [-0.3, -0.25) is 4.79 Å². The Kier molecular flexibility index (Phi) is 3.79. The first kappa shape index (κ1) is 12.5. The van der Waals surface area contributed by atoms with Crippen LogP contribution in [0.25, 0.3) is 0 Å². The van der Waals surface area contributed by atoms with Gasteiger partial charge in [0.2, 0.25) is 0 Å². The molecule has 0 amide bonds. The van der Waals surface area contributed by atoms with Gasteiger partial charge in [0.15, 0.2) is 5.78 Å². The molecule has 0 saturated carbocycles. The summed E-state index contributed by atoms with van der Waals surface area (Å²) in [6.07, 6.45) is 0. The van der Waals surface area contributed by atoms with Crippen molar-refractivity contribution in [3.05, 3.63) is 68.1 Å². The van der Waals surface area contributed by atoms with E-state index in [0.717, 1.165) is 20.1 Å². The largest absolute Gasteiger partial charge is 0.289 e. The van der Waals surface area contributed by atoms with Crippen molar-refractivity contribution in [3.8, 4) is 0 Å². The highest BCUT2D eigenvalue weighted by Gasteiger charge is 2.12. The normalized spacial score (nSPS) is 10.3. The van der Waals surface area contributed by atoms with Crippen molar-refractivity contribution in [2.45, 2.75) is 6.92 Å². The van der Waals surface area contributed by atoms with E-state index in [9.17, 15) is 4.79 Å². The molecule has 2 aromatic carbocycles. The van der Waals surface area contributed by atoms with Crippen LogP contribution in [0.1, 0.15) is 21.5 Å². The van der Waals surface area contributed by atoms with E-state index >= 15 is 0 Å². The minimum atomic E-state index is 0.0521. The molecule has 0 aliphatic rings. The predicted molar refractivity (Wildman–Crippen MR) is 76.5 cm³/mol. The van der Waals surface area contributed by atoms with Gasteiger partial charge in [-0.05, 0) is 42.8 Å². The molecule has 0 bridgehead atoms. The lowest BCUT2D eigenvalue weighted by atomic mass is 9.99. The SMILES string of the molecule is Cc1c(Br)cccc1C(=O)c1ccc(Br)cc1. The quantitative estimate of drug-likeness (QED) is 0.712. The number of hydrogen-bond donors (Lipinski definition) is 0. The minimum absolute atomic E-state index is 0.0521. The van der Waals surface area contributed by atoms with Gasteiger partial charge in [-0.1, -0.05) is 44.0 Å². The van der Waals surface area contributed by atoms with E-state index in [0.29, 0.717) is 5.56 Å². The summed E-state index contributed by atoms with van der Waals surface area (Å²) < 4.78 is 1.93. The van der Waals surface area contributed by atoms with Gasteiger partial charge in [0.25, 0.3) is 0 Å². The van der Waals surface area contributed by atoms with E-state index in [4.69, 9.17) is 0 Å². The third kappa shape index (κ3) is 2.67. The van der Waals surface area contributed by atoms with Crippen molar-refractivity contribution in [1.29, 1.82) is 0 Å². The summed E-state index contributed by atoms with van der Waals surface area (Å²) in [4.78, 5) is 12.3. The molecule has 0 aromatic heterocycles. The van der Waals surface area contributed by atoms with Gasteiger partial charge < -0.3 is 0 Å². The summed E-state index contributed by atoms with van der Waals surface area (Å²) in [5.41, 5.74) is 2.41. The maximum absolute atomic E-state index is 12.3. The molecule has 0 heterocycles. The van der Waals surface area contributed by atoms with E-state index < -0.39 is 0 Å². The first-order valence-electron chi connectivity index (χ1n) is 5.15. The molecule has 0 aliphatic heterocycles. The zero-order chi connectivity index (χ0) is 12.4. The fourth-order valence-corrected chi connectivity index (χ4v) is 2.24. The van der Waals surface area contributed by atoms with Gasteiger partial charge in [0, 0.05) is 20.1 Å². The number of hydrogen-bond acceptors (Lipinski definition) is 1. The summed E-state index contributed by atoms with van der Waals surface area (Å²) in [5, 5.41) is 0. The van der Waals surface area contributed by atoms with E-state index in [2.05, 4.69) is 31.9 Å². The van der Waals surface area contributed by atoms with E-state index in [1.165, 1.54) is 0 Å². The fraction of sp³-hybridized carbons (Fsp3) is 0.0714. The van der Waals surface area contributed by atoms with Gasteiger partial charge >= 0.3 is 0 Å². The van der Waals surface area contributed by atoms with E-state index in [1.54, 1.807) is 0 Å². The Bertz CT molecular complexity index is 559. The highest BCUT2D eigenvalue weighted by molar-refractivity contribution is 9.10. The maximum atomic E-state index is 12.3. The molecule has 0 aliphatic carbocycles. The summed E-state index contributed by atoms with van der Waals surface area (Å²) in [6.45, 7) is 1.94. The van der Waals surface area contributed by atoms with Crippen LogP contribution in [0.4, 0.5) is 0 Å². The first-order chi connectivity index (χ1) is 8.09. The third-order valence-corrected chi connectivity index (χ3v) is 4.01. The second-order valence-corrected chi connectivity index (χ2v) is 5.52. The standard InChI is InChI=1S/C14H10Br2O/c1-9-12(3-2-4-13(9)16)14(17)10-5-7-11(15)8-6-10/h2-8H,1H3. The zero-order valence-electron chi connectivity index (χ0n) is 9.21. The van der Waals surface area contributed by atoms with Crippen LogP contribution in [-0.4, -0.2) is 5.78 Å². The summed E-state index contributed by atoms with van der Waals surface area (Å²) in [5.74, 6) is 0.0521. The van der Waals surface area contributed by atoms with Crippen molar-refractivity contribution >= 4 is 37.6 Å². The number of halogens is 2. The Morgan fingerprint density at radius 3 is 2.29 bits per heavy atom. The molecule has 0 atom stereocenters. The molecule has 0 saturated heterocycles. The molecule has 0 N–H and O–H groups in total. The Hall–Kier alpha value is -0.930. The topological polar surface area (TPSA) is 17.1 Å². The average molecular weight is 354 g/mol. The van der Waals surface area contributed by atoms with Crippen LogP contribution >= 0.6 is 31.9 Å². The Labute approximate surface area is 117 Å². The lowest BCUT2D eigenvalue weighted by Crippen LogP contribution is -2.03. The van der Waals surface area contributed by atoms with Crippen LogP contribution in [0.3, 0.4) is 0 Å². The molecule has 1 nitrogen and oxygen atoms in total. The Morgan fingerprint density at radius 2 is 1.65 bits per heavy atom. The number of carbonyl (C=O) groups is 1. The minimum Gasteiger partial charge on any atom is -0.289 e. The van der Waals surface area contributed by atoms with Crippen LogP contribution in [0.15, 0.2) is 51.4 Å². The smallest absolute Gasteiger partial charge is 0.193 e. The molecule has 3 heteroatoms. The molecule has 2 aromatic rings. The Morgan fingerprint density at radius 1 is 1.00 bits per heavy atom. The molecular weight excluding hydrogens is 344 g/mol. The van der Waals surface area contributed by atoms with Crippen molar-refractivity contribution < 1.29 is 4.79 Å². The molecule has 86 valence electrons. The fourth-order valence-electron chi connectivity index (χ4n) is 1.61. The number of rotatable bonds is 2. The molecular formula is C14H10Br2O. The zero-order valence-corrected chi connectivity index (χ0v) is 12.4. The second-order valence-electron chi connectivity index (χ2n) is 3.75. The highest BCUT2D eigenvalue weighted by atomic mass is 79.9. The van der Waals surface area contributed by atoms with Crippen LogP contribution in [0, 0.1) is 6.92 Å². The van der Waals surface area contributed by atoms with Gasteiger partial charge in [-0.15, -0.1) is 0 Å². The average Bonchev–Trinajstić information content (AvgIpc) is 2.33. The summed E-state index contributed by atoms with van der Waals surface area (Å²) in [6, 6.07) is 13.1. The van der Waals surface area contributed by atoms with Crippen LogP contribution in [-0.2, 0) is 0 Å². The van der Waals surface area contributed by atoms with Crippen LogP contribution in [0.5, 0.6) is 0 Å². The maximum Gasteiger partial charge on any atom is 0.193 e. The Balaban J connectivity index is 2.44. The van der Waals surface area contributed by atoms with Gasteiger partial charge in [0.1, 0.15) is 0 Å². The summed E-state index contributed by atoms with van der Waals surface area (Å²) in [7, 11) is 0. The van der Waals surface area contributed by atoms with Gasteiger partial charge in [-0.2, -0.15) is 0 Å². The number of benzene rings is 2. The lowest BCUT2D eigenvalue weighted by Gasteiger charge is -2.06. The molecule has 2 rings (SSSR count). The summed E-state index contributed by atoms with van der Waals surface area (Å²) >= 11 is 6.80. The predicted octanol–water partition coefficient (Wildman–Crippen LogP) is 4.75. The number of ketones is 1. The van der Waals surface area contributed by atoms with Crippen molar-refractivity contribution in [2.24, 2.45) is 0 Å². The first-order valence-corrected chi connectivity index (χ1v) is 6.73. The van der Waals surface area contributed by atoms with Crippen LogP contribution in [0.2, 0.25) is 0 Å². The lowest BCUT2D eigenvalue weighted by molar-refractivity contribution is 0.103. The van der Waals surface area contributed by atoms with Crippen molar-refractivity contribution in [1.82, 2.24) is 0 Å². The second kappa shape index (κ2) is 5.15. The van der Waals surface area contributed by atoms with Gasteiger partial charge in [-0.25, -0.2) is 0 Å².